The number of ether oxygens (including phenoxy) is 2. The molecule has 1 unspecified atom stereocenters. The monoisotopic (exact) mass is 436 g/mol. The molecule has 172 valence electrons. The normalized spacial score (nSPS) is 17.1. The van der Waals surface area contributed by atoms with E-state index in [0.29, 0.717) is 18.9 Å². The summed E-state index contributed by atoms with van der Waals surface area (Å²) >= 11 is 0. The van der Waals surface area contributed by atoms with Crippen LogP contribution in [0.25, 0.3) is 6.08 Å². The van der Waals surface area contributed by atoms with Crippen LogP contribution in [0.4, 0.5) is 0 Å². The summed E-state index contributed by atoms with van der Waals surface area (Å²) in [6.45, 7) is 5.87. The molecule has 0 bridgehead atoms. The van der Waals surface area contributed by atoms with E-state index in [0.717, 1.165) is 43.1 Å². The first kappa shape index (κ1) is 23.9. The first-order valence-electron chi connectivity index (χ1n) is 11.5. The number of benzene rings is 2. The first-order valence-corrected chi connectivity index (χ1v) is 11.5. The molecule has 1 aliphatic heterocycles. The summed E-state index contributed by atoms with van der Waals surface area (Å²) in [4.78, 5) is 15.0. The van der Waals surface area contributed by atoms with Gasteiger partial charge < -0.3 is 14.8 Å². The molecule has 2 aromatic carbocycles. The predicted molar refractivity (Wildman–Crippen MR) is 130 cm³/mol. The fraction of sp³-hybridized carbons (Fsp3) is 0.444. The van der Waals surface area contributed by atoms with Crippen LogP contribution in [0.1, 0.15) is 43.7 Å². The average molecular weight is 437 g/mol. The van der Waals surface area contributed by atoms with Gasteiger partial charge in [0.1, 0.15) is 11.5 Å². The highest BCUT2D eigenvalue weighted by atomic mass is 16.5. The number of piperidine rings is 1. The zero-order valence-corrected chi connectivity index (χ0v) is 19.6. The first-order chi connectivity index (χ1) is 15.6. The second-order valence-electron chi connectivity index (χ2n) is 8.64. The lowest BCUT2D eigenvalue weighted by Crippen LogP contribution is -2.37. The molecule has 0 saturated carbocycles. The molecule has 1 atom stereocenters. The van der Waals surface area contributed by atoms with E-state index in [1.54, 1.807) is 14.2 Å². The molecule has 0 radical (unpaired) electrons. The quantitative estimate of drug-likeness (QED) is 0.575. The highest BCUT2D eigenvalue weighted by Crippen LogP contribution is 2.25. The fourth-order valence-electron chi connectivity index (χ4n) is 4.38. The standard InChI is InChI=1S/C27H36N2O3/c1-21(16-22-8-5-4-6-9-22)19-29-15-7-10-23(20-29)11-14-27(30)28-18-24-12-13-25(31-2)17-26(24)32-3/h4-6,8-9,12-13,16-17,23H,7,10-11,14-15,18-20H2,1-3H3,(H,28,30)/b21-16+. The zero-order valence-electron chi connectivity index (χ0n) is 19.6. The van der Waals surface area contributed by atoms with Crippen LogP contribution in [0.5, 0.6) is 11.5 Å². The van der Waals surface area contributed by atoms with E-state index in [-0.39, 0.29) is 5.91 Å². The highest BCUT2D eigenvalue weighted by Gasteiger charge is 2.20. The SMILES string of the molecule is COc1ccc(CNC(=O)CCC2CCCN(C/C(C)=C/c3ccccc3)C2)c(OC)c1. The maximum absolute atomic E-state index is 12.4. The Labute approximate surface area is 192 Å². The smallest absolute Gasteiger partial charge is 0.220 e. The van der Waals surface area contributed by atoms with Crippen molar-refractivity contribution in [2.24, 2.45) is 5.92 Å². The molecule has 1 N–H and O–H groups in total. The number of hydrogen-bond acceptors (Lipinski definition) is 4. The van der Waals surface area contributed by atoms with Gasteiger partial charge in [0, 0.05) is 37.7 Å². The molecule has 3 rings (SSSR count). The third-order valence-corrected chi connectivity index (χ3v) is 6.04. The fourth-order valence-corrected chi connectivity index (χ4v) is 4.38. The Hall–Kier alpha value is -2.79. The Balaban J connectivity index is 1.42. The zero-order chi connectivity index (χ0) is 22.8. The van der Waals surface area contributed by atoms with Crippen molar-refractivity contribution < 1.29 is 14.3 Å². The van der Waals surface area contributed by atoms with Gasteiger partial charge in [-0.3, -0.25) is 9.69 Å². The van der Waals surface area contributed by atoms with Crippen molar-refractivity contribution >= 4 is 12.0 Å². The van der Waals surface area contributed by atoms with E-state index in [4.69, 9.17) is 9.47 Å². The van der Waals surface area contributed by atoms with E-state index in [1.807, 2.05) is 24.3 Å². The van der Waals surface area contributed by atoms with E-state index in [9.17, 15) is 4.79 Å². The Morgan fingerprint density at radius 1 is 1.16 bits per heavy atom. The van der Waals surface area contributed by atoms with E-state index < -0.39 is 0 Å². The van der Waals surface area contributed by atoms with Crippen LogP contribution >= 0.6 is 0 Å². The Morgan fingerprint density at radius 2 is 1.97 bits per heavy atom. The summed E-state index contributed by atoms with van der Waals surface area (Å²) in [5.74, 6) is 2.15. The third-order valence-electron chi connectivity index (χ3n) is 6.04. The van der Waals surface area contributed by atoms with E-state index >= 15 is 0 Å². The van der Waals surface area contributed by atoms with Gasteiger partial charge in [-0.15, -0.1) is 0 Å². The minimum Gasteiger partial charge on any atom is -0.497 e. The van der Waals surface area contributed by atoms with Gasteiger partial charge >= 0.3 is 0 Å². The molecule has 5 nitrogen and oxygen atoms in total. The third kappa shape index (κ3) is 7.41. The molecule has 0 spiro atoms. The Morgan fingerprint density at radius 3 is 2.72 bits per heavy atom. The van der Waals surface area contributed by atoms with Crippen molar-refractivity contribution in [2.45, 2.75) is 39.2 Å². The second-order valence-corrected chi connectivity index (χ2v) is 8.64. The lowest BCUT2D eigenvalue weighted by atomic mass is 9.93. The maximum Gasteiger partial charge on any atom is 0.220 e. The molecule has 2 aromatic rings. The van der Waals surface area contributed by atoms with Crippen molar-refractivity contribution in [3.63, 3.8) is 0 Å². The van der Waals surface area contributed by atoms with Gasteiger partial charge in [-0.05, 0) is 56.3 Å². The van der Waals surface area contributed by atoms with Gasteiger partial charge in [-0.25, -0.2) is 0 Å². The topological polar surface area (TPSA) is 50.8 Å². The second kappa shape index (κ2) is 12.3. The number of nitrogens with zero attached hydrogens (tertiary/aromatic N) is 1. The van der Waals surface area contributed by atoms with Gasteiger partial charge in [0.05, 0.1) is 14.2 Å². The van der Waals surface area contributed by atoms with Gasteiger partial charge in [0.2, 0.25) is 5.91 Å². The number of carbonyl (C=O) groups is 1. The van der Waals surface area contributed by atoms with Crippen LogP contribution in [0.3, 0.4) is 0 Å². The molecule has 0 aliphatic carbocycles. The summed E-state index contributed by atoms with van der Waals surface area (Å²) in [6, 6.07) is 16.1. The molecule has 5 heteroatoms. The minimum atomic E-state index is 0.0974. The minimum absolute atomic E-state index is 0.0974. The van der Waals surface area contributed by atoms with Crippen molar-refractivity contribution in [3.8, 4) is 11.5 Å². The molecule has 1 heterocycles. The summed E-state index contributed by atoms with van der Waals surface area (Å²) in [6.07, 6.45) is 6.18. The van der Waals surface area contributed by atoms with E-state index in [2.05, 4.69) is 47.5 Å². The molecule has 1 saturated heterocycles. The molecule has 0 aromatic heterocycles. The Kier molecular flexibility index (Phi) is 9.17. The summed E-state index contributed by atoms with van der Waals surface area (Å²) in [7, 11) is 3.26. The lowest BCUT2D eigenvalue weighted by Gasteiger charge is -2.33. The van der Waals surface area contributed by atoms with Crippen LogP contribution in [-0.2, 0) is 11.3 Å². The lowest BCUT2D eigenvalue weighted by molar-refractivity contribution is -0.121. The number of methoxy groups -OCH3 is 2. The van der Waals surface area contributed by atoms with Crippen molar-refractivity contribution in [1.82, 2.24) is 10.2 Å². The van der Waals surface area contributed by atoms with Crippen LogP contribution in [-0.4, -0.2) is 44.7 Å². The van der Waals surface area contributed by atoms with Crippen molar-refractivity contribution in [2.75, 3.05) is 33.9 Å². The summed E-state index contributed by atoms with van der Waals surface area (Å²) < 4.78 is 10.6. The van der Waals surface area contributed by atoms with Crippen molar-refractivity contribution in [3.05, 3.63) is 65.2 Å². The molecule has 1 amide bonds. The molecule has 1 fully saturated rings. The summed E-state index contributed by atoms with van der Waals surface area (Å²) in [5.41, 5.74) is 3.58. The van der Waals surface area contributed by atoms with Gasteiger partial charge in [0.25, 0.3) is 0 Å². The highest BCUT2D eigenvalue weighted by molar-refractivity contribution is 5.76. The van der Waals surface area contributed by atoms with Gasteiger partial charge in [-0.2, -0.15) is 0 Å². The molecule has 1 aliphatic rings. The number of hydrogen-bond donors (Lipinski definition) is 1. The van der Waals surface area contributed by atoms with Crippen LogP contribution in [0, 0.1) is 5.92 Å². The number of carbonyl (C=O) groups excluding carboxylic acids is 1. The van der Waals surface area contributed by atoms with Crippen LogP contribution < -0.4 is 14.8 Å². The predicted octanol–water partition coefficient (Wildman–Crippen LogP) is 4.92. The number of amides is 1. The van der Waals surface area contributed by atoms with Crippen LogP contribution in [0.2, 0.25) is 0 Å². The van der Waals surface area contributed by atoms with Gasteiger partial charge in [0.15, 0.2) is 0 Å². The van der Waals surface area contributed by atoms with E-state index in [1.165, 1.54) is 24.0 Å². The average Bonchev–Trinajstić information content (AvgIpc) is 2.82. The number of nitrogens with one attached hydrogen (secondary N) is 1. The van der Waals surface area contributed by atoms with Crippen molar-refractivity contribution in [1.29, 1.82) is 0 Å². The van der Waals surface area contributed by atoms with Gasteiger partial charge in [-0.1, -0.05) is 42.0 Å². The maximum atomic E-state index is 12.4. The molecule has 32 heavy (non-hydrogen) atoms. The largest absolute Gasteiger partial charge is 0.497 e. The number of likely N-dealkylation sites (tertiary alicyclic amines) is 1. The van der Waals surface area contributed by atoms with Crippen LogP contribution in [0.15, 0.2) is 54.1 Å². The Bertz CT molecular complexity index is 895. The molecular formula is C27H36N2O3. The number of rotatable bonds is 10. The molecular weight excluding hydrogens is 400 g/mol. The summed E-state index contributed by atoms with van der Waals surface area (Å²) in [5, 5.41) is 3.04.